The molecule has 178 valence electrons. The van der Waals surface area contributed by atoms with Gasteiger partial charge in [0.2, 0.25) is 0 Å². The summed E-state index contributed by atoms with van der Waals surface area (Å²) < 4.78 is 15.3. The van der Waals surface area contributed by atoms with Crippen LogP contribution in [-0.4, -0.2) is 44.2 Å². The van der Waals surface area contributed by atoms with Crippen molar-refractivity contribution in [3.05, 3.63) is 68.7 Å². The number of ether oxygens (including phenoxy) is 3. The summed E-state index contributed by atoms with van der Waals surface area (Å²) in [7, 11) is 3.95. The van der Waals surface area contributed by atoms with Gasteiger partial charge in [-0.05, 0) is 42.5 Å². The monoisotopic (exact) mass is 483 g/mol. The van der Waals surface area contributed by atoms with Crippen LogP contribution in [0.5, 0.6) is 11.5 Å². The molecule has 9 heteroatoms. The van der Waals surface area contributed by atoms with Gasteiger partial charge in [-0.25, -0.2) is 4.79 Å². The van der Waals surface area contributed by atoms with Gasteiger partial charge in [-0.1, -0.05) is 12.1 Å². The maximum Gasteiger partial charge on any atom is 0.336 e. The molecule has 0 spiro atoms. The normalized spacial score (nSPS) is 22.1. The van der Waals surface area contributed by atoms with Crippen molar-refractivity contribution in [2.24, 2.45) is 5.92 Å². The number of benzene rings is 1. The lowest BCUT2D eigenvalue weighted by atomic mass is 9.68. The second kappa shape index (κ2) is 9.34. The Hall–Kier alpha value is -3.59. The van der Waals surface area contributed by atoms with Crippen molar-refractivity contribution in [2.45, 2.75) is 25.2 Å². The molecule has 0 amide bonds. The molecule has 3 unspecified atom stereocenters. The fourth-order valence-corrected chi connectivity index (χ4v) is 5.66. The zero-order valence-electron chi connectivity index (χ0n) is 19.2. The number of carbonyl (C=O) groups excluding carboxylic acids is 3. The number of ketones is 1. The summed E-state index contributed by atoms with van der Waals surface area (Å²) in [6.07, 6.45) is 0.388. The molecule has 0 saturated heterocycles. The molecule has 4 rings (SSSR count). The summed E-state index contributed by atoms with van der Waals surface area (Å²) in [4.78, 5) is 40.6. The van der Waals surface area contributed by atoms with Gasteiger partial charge in [0.15, 0.2) is 17.3 Å². The number of carbonyl (C=O) groups is 3. The van der Waals surface area contributed by atoms with E-state index in [2.05, 4.69) is 5.32 Å². The fraction of sp³-hybridized carbons (Fsp3) is 0.320. The standard InChI is InChI=1S/C25H25NO7S/c1-12-19(24(29)32-3)20(13-7-8-16(27)17(10-13)31-2)22-15(26-12)11-14(18-6-5-9-34-18)21(23(22)28)25(30)33-4/h5-10,14,20-21,26-27H,11H2,1-4H3. The van der Waals surface area contributed by atoms with E-state index in [0.717, 1.165) is 4.88 Å². The van der Waals surface area contributed by atoms with E-state index in [-0.39, 0.29) is 17.1 Å². The highest BCUT2D eigenvalue weighted by Crippen LogP contribution is 2.49. The molecule has 3 atom stereocenters. The quantitative estimate of drug-likeness (QED) is 0.492. The number of dihydropyridines is 1. The Morgan fingerprint density at radius 3 is 2.53 bits per heavy atom. The summed E-state index contributed by atoms with van der Waals surface area (Å²) in [5.74, 6) is -3.78. The van der Waals surface area contributed by atoms with Crippen molar-refractivity contribution in [3.63, 3.8) is 0 Å². The van der Waals surface area contributed by atoms with Gasteiger partial charge in [0.05, 0.1) is 26.9 Å². The fourth-order valence-electron chi connectivity index (χ4n) is 4.79. The van der Waals surface area contributed by atoms with E-state index in [9.17, 15) is 19.5 Å². The highest BCUT2D eigenvalue weighted by atomic mass is 32.1. The topological polar surface area (TPSA) is 111 Å². The third-order valence-corrected chi connectivity index (χ3v) is 7.33. The number of thiophene rings is 1. The van der Waals surface area contributed by atoms with Crippen LogP contribution in [0, 0.1) is 5.92 Å². The van der Waals surface area contributed by atoms with Gasteiger partial charge in [0, 0.05) is 33.7 Å². The summed E-state index contributed by atoms with van der Waals surface area (Å²) in [6, 6.07) is 8.43. The van der Waals surface area contributed by atoms with Crippen LogP contribution in [0.1, 0.15) is 35.6 Å². The number of allylic oxidation sites excluding steroid dienone is 3. The molecule has 2 aliphatic rings. The number of methoxy groups -OCH3 is 3. The molecule has 2 heterocycles. The molecule has 0 bridgehead atoms. The van der Waals surface area contributed by atoms with Crippen LogP contribution >= 0.6 is 11.3 Å². The van der Waals surface area contributed by atoms with Gasteiger partial charge in [0.25, 0.3) is 0 Å². The van der Waals surface area contributed by atoms with E-state index in [1.54, 1.807) is 19.1 Å². The molecule has 34 heavy (non-hydrogen) atoms. The molecule has 2 N–H and O–H groups in total. The number of rotatable bonds is 5. The summed E-state index contributed by atoms with van der Waals surface area (Å²) in [5, 5.41) is 15.2. The first-order chi connectivity index (χ1) is 16.3. The SMILES string of the molecule is COC(=O)C1=C(C)NC2=C(C(=O)C(C(=O)OC)C(c3cccs3)C2)C1c1ccc(O)c(OC)c1. The van der Waals surface area contributed by atoms with Crippen molar-refractivity contribution < 1.29 is 33.7 Å². The van der Waals surface area contributed by atoms with Gasteiger partial charge < -0.3 is 24.6 Å². The molecule has 1 aliphatic heterocycles. The minimum atomic E-state index is -1.05. The van der Waals surface area contributed by atoms with Gasteiger partial charge >= 0.3 is 11.9 Å². The predicted molar refractivity (Wildman–Crippen MR) is 124 cm³/mol. The third kappa shape index (κ3) is 3.86. The molecule has 0 fully saturated rings. The van der Waals surface area contributed by atoms with Crippen molar-refractivity contribution in [3.8, 4) is 11.5 Å². The van der Waals surface area contributed by atoms with Gasteiger partial charge in [-0.15, -0.1) is 11.3 Å². The number of Topliss-reactive ketones (excluding diaryl/α,β-unsaturated/α-hetero) is 1. The van der Waals surface area contributed by atoms with E-state index in [0.29, 0.717) is 29.0 Å². The number of nitrogens with one attached hydrogen (secondary N) is 1. The summed E-state index contributed by atoms with van der Waals surface area (Å²) in [6.45, 7) is 1.75. The summed E-state index contributed by atoms with van der Waals surface area (Å²) in [5.41, 5.74) is 2.31. The minimum Gasteiger partial charge on any atom is -0.504 e. The number of esters is 2. The molecule has 1 aromatic heterocycles. The van der Waals surface area contributed by atoms with Crippen LogP contribution in [0.25, 0.3) is 0 Å². The predicted octanol–water partition coefficient (Wildman–Crippen LogP) is 3.40. The van der Waals surface area contributed by atoms with E-state index in [1.165, 1.54) is 38.7 Å². The van der Waals surface area contributed by atoms with Gasteiger partial charge in [-0.3, -0.25) is 9.59 Å². The number of phenolic OH excluding ortho intramolecular Hbond substituents is 1. The van der Waals surface area contributed by atoms with Gasteiger partial charge in [0.1, 0.15) is 5.92 Å². The Balaban J connectivity index is 1.93. The Morgan fingerprint density at radius 2 is 1.91 bits per heavy atom. The largest absolute Gasteiger partial charge is 0.504 e. The highest BCUT2D eigenvalue weighted by molar-refractivity contribution is 7.10. The van der Waals surface area contributed by atoms with Gasteiger partial charge in [-0.2, -0.15) is 0 Å². The van der Waals surface area contributed by atoms with E-state index >= 15 is 0 Å². The van der Waals surface area contributed by atoms with Crippen molar-refractivity contribution >= 4 is 29.1 Å². The first kappa shape index (κ1) is 23.6. The lowest BCUT2D eigenvalue weighted by Crippen LogP contribution is -2.43. The Morgan fingerprint density at radius 1 is 1.15 bits per heavy atom. The molecule has 8 nitrogen and oxygen atoms in total. The molecule has 1 aliphatic carbocycles. The van der Waals surface area contributed by atoms with E-state index < -0.39 is 35.5 Å². The van der Waals surface area contributed by atoms with E-state index in [1.807, 2.05) is 17.5 Å². The lowest BCUT2D eigenvalue weighted by Gasteiger charge is -2.39. The Bertz CT molecular complexity index is 1210. The summed E-state index contributed by atoms with van der Waals surface area (Å²) >= 11 is 1.48. The molecule has 1 aromatic carbocycles. The average molecular weight is 484 g/mol. The Kier molecular flexibility index (Phi) is 6.47. The van der Waals surface area contributed by atoms with Crippen molar-refractivity contribution in [1.29, 1.82) is 0 Å². The van der Waals surface area contributed by atoms with Crippen LogP contribution in [0.3, 0.4) is 0 Å². The lowest BCUT2D eigenvalue weighted by molar-refractivity contribution is -0.149. The van der Waals surface area contributed by atoms with Crippen LogP contribution in [0.15, 0.2) is 58.3 Å². The maximum absolute atomic E-state index is 14.0. The number of hydrogen-bond acceptors (Lipinski definition) is 9. The second-order valence-corrected chi connectivity index (χ2v) is 9.08. The third-order valence-electron chi connectivity index (χ3n) is 6.33. The Labute approximate surface area is 200 Å². The zero-order chi connectivity index (χ0) is 24.6. The smallest absolute Gasteiger partial charge is 0.336 e. The minimum absolute atomic E-state index is 0.0742. The van der Waals surface area contributed by atoms with Crippen molar-refractivity contribution in [1.82, 2.24) is 5.32 Å². The first-order valence-corrected chi connectivity index (χ1v) is 11.5. The maximum atomic E-state index is 14.0. The van der Waals surface area contributed by atoms with Crippen LogP contribution < -0.4 is 10.1 Å². The highest BCUT2D eigenvalue weighted by Gasteiger charge is 2.49. The van der Waals surface area contributed by atoms with Crippen LogP contribution in [0.2, 0.25) is 0 Å². The number of hydrogen-bond donors (Lipinski definition) is 2. The zero-order valence-corrected chi connectivity index (χ0v) is 20.0. The second-order valence-electron chi connectivity index (χ2n) is 8.10. The molecule has 0 saturated carbocycles. The molecule has 2 aromatic rings. The first-order valence-electron chi connectivity index (χ1n) is 10.6. The number of aromatic hydroxyl groups is 1. The molecular formula is C25H25NO7S. The van der Waals surface area contributed by atoms with Crippen LogP contribution in [-0.2, 0) is 23.9 Å². The van der Waals surface area contributed by atoms with Crippen molar-refractivity contribution in [2.75, 3.05) is 21.3 Å². The number of phenols is 1. The molecule has 0 radical (unpaired) electrons. The average Bonchev–Trinajstić information content (AvgIpc) is 3.37. The van der Waals surface area contributed by atoms with E-state index in [4.69, 9.17) is 14.2 Å². The molecular weight excluding hydrogens is 458 g/mol. The van der Waals surface area contributed by atoms with Crippen LogP contribution in [0.4, 0.5) is 0 Å².